The number of aromatic nitrogens is 1. The predicted octanol–water partition coefficient (Wildman–Crippen LogP) is 3.25. The lowest BCUT2D eigenvalue weighted by Gasteiger charge is -2.30. The molecular formula is C18H23N3OS. The lowest BCUT2D eigenvalue weighted by molar-refractivity contribution is -0.137. The maximum absolute atomic E-state index is 13.2. The molecule has 0 bridgehead atoms. The second kappa shape index (κ2) is 6.81. The van der Waals surface area contributed by atoms with Crippen molar-refractivity contribution < 1.29 is 4.79 Å². The van der Waals surface area contributed by atoms with Crippen molar-refractivity contribution in [2.45, 2.75) is 38.4 Å². The van der Waals surface area contributed by atoms with Gasteiger partial charge in [0.15, 0.2) is 0 Å². The van der Waals surface area contributed by atoms with E-state index in [9.17, 15) is 4.79 Å². The third-order valence-electron chi connectivity index (χ3n) is 4.20. The van der Waals surface area contributed by atoms with Crippen LogP contribution in [0.5, 0.6) is 0 Å². The first-order chi connectivity index (χ1) is 11.1. The van der Waals surface area contributed by atoms with Gasteiger partial charge in [0.05, 0.1) is 6.54 Å². The first-order valence-corrected chi connectivity index (χ1v) is 8.86. The summed E-state index contributed by atoms with van der Waals surface area (Å²) in [5.74, 6) is 0.177. The van der Waals surface area contributed by atoms with Gasteiger partial charge in [-0.3, -0.25) is 9.69 Å². The molecule has 3 rings (SSSR count). The van der Waals surface area contributed by atoms with Crippen LogP contribution in [0.15, 0.2) is 35.8 Å². The van der Waals surface area contributed by atoms with Crippen LogP contribution in [0.25, 0.3) is 0 Å². The minimum atomic E-state index is -0.240. The monoisotopic (exact) mass is 329 g/mol. The molecule has 2 aromatic rings. The average Bonchev–Trinajstić information content (AvgIpc) is 3.23. The highest BCUT2D eigenvalue weighted by atomic mass is 32.1. The van der Waals surface area contributed by atoms with E-state index in [-0.39, 0.29) is 11.9 Å². The number of aryl methyl sites for hydroxylation is 1. The van der Waals surface area contributed by atoms with E-state index in [2.05, 4.69) is 36.2 Å². The zero-order valence-corrected chi connectivity index (χ0v) is 14.7. The van der Waals surface area contributed by atoms with E-state index in [4.69, 9.17) is 0 Å². The van der Waals surface area contributed by atoms with Crippen LogP contribution in [-0.2, 0) is 11.3 Å². The van der Waals surface area contributed by atoms with Crippen LogP contribution in [-0.4, -0.2) is 40.8 Å². The quantitative estimate of drug-likeness (QED) is 0.816. The highest BCUT2D eigenvalue weighted by molar-refractivity contribution is 7.09. The summed E-state index contributed by atoms with van der Waals surface area (Å²) in [6.45, 7) is 2.69. The van der Waals surface area contributed by atoms with Gasteiger partial charge in [0.2, 0.25) is 5.91 Å². The van der Waals surface area contributed by atoms with Crippen molar-refractivity contribution >= 4 is 17.2 Å². The van der Waals surface area contributed by atoms with Crippen LogP contribution in [0.3, 0.4) is 0 Å². The highest BCUT2D eigenvalue weighted by Gasteiger charge is 2.37. The van der Waals surface area contributed by atoms with Gasteiger partial charge in [-0.2, -0.15) is 0 Å². The Balaban J connectivity index is 1.84. The molecule has 1 aromatic carbocycles. The Labute approximate surface area is 141 Å². The van der Waals surface area contributed by atoms with Gasteiger partial charge in [0.25, 0.3) is 0 Å². The number of amides is 1. The minimum absolute atomic E-state index is 0.177. The number of benzene rings is 1. The summed E-state index contributed by atoms with van der Waals surface area (Å²) in [4.78, 5) is 21.6. The second-order valence-electron chi connectivity index (χ2n) is 6.40. The second-order valence-corrected chi connectivity index (χ2v) is 7.38. The number of nitrogens with zero attached hydrogens (tertiary/aromatic N) is 3. The molecule has 0 saturated heterocycles. The van der Waals surface area contributed by atoms with Crippen molar-refractivity contribution in [1.82, 2.24) is 14.8 Å². The zero-order valence-electron chi connectivity index (χ0n) is 13.9. The Morgan fingerprint density at radius 2 is 2.00 bits per heavy atom. The summed E-state index contributed by atoms with van der Waals surface area (Å²) in [5, 5.41) is 2.97. The molecule has 122 valence electrons. The molecule has 0 radical (unpaired) electrons. The van der Waals surface area contributed by atoms with Crippen LogP contribution in [0.4, 0.5) is 0 Å². The van der Waals surface area contributed by atoms with Crippen molar-refractivity contribution in [1.29, 1.82) is 0 Å². The van der Waals surface area contributed by atoms with Gasteiger partial charge in [-0.15, -0.1) is 11.3 Å². The average molecular weight is 329 g/mol. The normalized spacial score (nSPS) is 15.7. The standard InChI is InChI=1S/C18H23N3OS/c1-13-4-6-14(7-5-13)17(20(2)3)18(22)21(15-8-9-15)12-16-19-10-11-23-16/h4-7,10-11,15,17H,8-9,12H2,1-3H3/t17-/m0/s1. The molecule has 1 saturated carbocycles. The van der Waals surface area contributed by atoms with Gasteiger partial charge in [-0.1, -0.05) is 29.8 Å². The molecule has 1 atom stereocenters. The molecular weight excluding hydrogens is 306 g/mol. The van der Waals surface area contributed by atoms with Gasteiger partial charge in [-0.05, 0) is 39.4 Å². The lowest BCUT2D eigenvalue weighted by Crippen LogP contribution is -2.41. The third-order valence-corrected chi connectivity index (χ3v) is 4.97. The Hall–Kier alpha value is -1.72. The molecule has 4 nitrogen and oxygen atoms in total. The molecule has 1 aromatic heterocycles. The van der Waals surface area contributed by atoms with Gasteiger partial charge < -0.3 is 4.90 Å². The molecule has 1 aliphatic rings. The SMILES string of the molecule is Cc1ccc([C@@H](C(=O)N(Cc2nccs2)C2CC2)N(C)C)cc1. The fourth-order valence-electron chi connectivity index (χ4n) is 2.82. The summed E-state index contributed by atoms with van der Waals surface area (Å²) in [6, 6.07) is 8.40. The van der Waals surface area contributed by atoms with E-state index < -0.39 is 0 Å². The largest absolute Gasteiger partial charge is 0.331 e. The number of carbonyl (C=O) groups excluding carboxylic acids is 1. The van der Waals surface area contributed by atoms with E-state index in [0.29, 0.717) is 12.6 Å². The van der Waals surface area contributed by atoms with E-state index in [0.717, 1.165) is 23.4 Å². The number of rotatable bonds is 6. The first-order valence-electron chi connectivity index (χ1n) is 7.98. The molecule has 1 fully saturated rings. The molecule has 0 unspecified atom stereocenters. The molecule has 5 heteroatoms. The van der Waals surface area contributed by atoms with Crippen molar-refractivity contribution in [3.63, 3.8) is 0 Å². The smallest absolute Gasteiger partial charge is 0.245 e. The minimum Gasteiger partial charge on any atom is -0.331 e. The summed E-state index contributed by atoms with van der Waals surface area (Å²) in [7, 11) is 3.94. The van der Waals surface area contributed by atoms with Crippen molar-refractivity contribution in [3.05, 3.63) is 52.0 Å². The molecule has 23 heavy (non-hydrogen) atoms. The van der Waals surface area contributed by atoms with Crippen LogP contribution in [0, 0.1) is 6.92 Å². The topological polar surface area (TPSA) is 36.4 Å². The summed E-state index contributed by atoms with van der Waals surface area (Å²) in [5.41, 5.74) is 2.26. The van der Waals surface area contributed by atoms with Gasteiger partial charge in [0.1, 0.15) is 11.0 Å². The molecule has 1 aliphatic carbocycles. The predicted molar refractivity (Wildman–Crippen MR) is 93.3 cm³/mol. The van der Waals surface area contributed by atoms with Crippen molar-refractivity contribution in [2.24, 2.45) is 0 Å². The van der Waals surface area contributed by atoms with Crippen molar-refractivity contribution in [2.75, 3.05) is 14.1 Å². The maximum atomic E-state index is 13.2. The molecule has 1 amide bonds. The number of likely N-dealkylation sites (N-methyl/N-ethyl adjacent to an activating group) is 1. The van der Waals surface area contributed by atoms with Crippen LogP contribution >= 0.6 is 11.3 Å². The van der Waals surface area contributed by atoms with E-state index in [1.807, 2.05) is 29.3 Å². The Morgan fingerprint density at radius 3 is 2.52 bits per heavy atom. The molecule has 1 heterocycles. The van der Waals surface area contributed by atoms with Crippen LogP contribution in [0.1, 0.15) is 35.0 Å². The summed E-state index contributed by atoms with van der Waals surface area (Å²) >= 11 is 1.61. The molecule has 0 N–H and O–H groups in total. The first kappa shape index (κ1) is 16.1. The van der Waals surface area contributed by atoms with Crippen molar-refractivity contribution in [3.8, 4) is 0 Å². The van der Waals surface area contributed by atoms with E-state index in [1.165, 1.54) is 5.56 Å². The molecule has 0 spiro atoms. The fraction of sp³-hybridized carbons (Fsp3) is 0.444. The third kappa shape index (κ3) is 3.79. The number of carbonyl (C=O) groups is 1. The van der Waals surface area contributed by atoms with Crippen LogP contribution < -0.4 is 0 Å². The summed E-state index contributed by atoms with van der Waals surface area (Å²) < 4.78 is 0. The fourth-order valence-corrected chi connectivity index (χ4v) is 3.43. The van der Waals surface area contributed by atoms with Crippen LogP contribution in [0.2, 0.25) is 0 Å². The zero-order chi connectivity index (χ0) is 16.4. The van der Waals surface area contributed by atoms with Gasteiger partial charge in [0, 0.05) is 17.6 Å². The van der Waals surface area contributed by atoms with Gasteiger partial charge in [-0.25, -0.2) is 4.98 Å². The van der Waals surface area contributed by atoms with Gasteiger partial charge >= 0.3 is 0 Å². The lowest BCUT2D eigenvalue weighted by atomic mass is 10.0. The number of thiazole rings is 1. The van der Waals surface area contributed by atoms with E-state index >= 15 is 0 Å². The maximum Gasteiger partial charge on any atom is 0.245 e. The van der Waals surface area contributed by atoms with E-state index in [1.54, 1.807) is 17.5 Å². The Kier molecular flexibility index (Phi) is 4.78. The highest BCUT2D eigenvalue weighted by Crippen LogP contribution is 2.32. The Morgan fingerprint density at radius 1 is 1.30 bits per heavy atom. The number of hydrogen-bond acceptors (Lipinski definition) is 4. The summed E-state index contributed by atoms with van der Waals surface area (Å²) in [6.07, 6.45) is 4.01. The number of hydrogen-bond donors (Lipinski definition) is 0. The molecule has 0 aliphatic heterocycles. The Bertz CT molecular complexity index is 647.